The van der Waals surface area contributed by atoms with Gasteiger partial charge in [0.15, 0.2) is 0 Å². The quantitative estimate of drug-likeness (QED) is 0.749. The highest BCUT2D eigenvalue weighted by atomic mass is 79.9. The molecule has 2 bridgehead atoms. The molecule has 4 atom stereocenters. The van der Waals surface area contributed by atoms with Gasteiger partial charge in [0.1, 0.15) is 4.47 Å². The number of aromatic nitrogens is 2. The first kappa shape index (κ1) is 18.4. The van der Waals surface area contributed by atoms with Gasteiger partial charge >= 0.3 is 5.97 Å². The summed E-state index contributed by atoms with van der Waals surface area (Å²) in [6.45, 7) is 7.35. The van der Waals surface area contributed by atoms with Crippen molar-refractivity contribution in [2.75, 3.05) is 5.32 Å². The predicted octanol–water partition coefficient (Wildman–Crippen LogP) is 3.35. The Kier molecular flexibility index (Phi) is 4.97. The largest absolute Gasteiger partial charge is 0.481 e. The average molecular weight is 412 g/mol. The van der Waals surface area contributed by atoms with Gasteiger partial charge in [-0.1, -0.05) is 20.8 Å². The molecule has 0 aromatic carbocycles. The van der Waals surface area contributed by atoms with Gasteiger partial charge in [0.2, 0.25) is 0 Å². The molecule has 0 amide bonds. The van der Waals surface area contributed by atoms with E-state index in [0.717, 1.165) is 23.9 Å². The number of carboxylic acid groups (broad SMARTS) is 1. The molecule has 1 heterocycles. The molecule has 7 heteroatoms. The lowest BCUT2D eigenvalue weighted by atomic mass is 9.45. The van der Waals surface area contributed by atoms with Crippen LogP contribution in [0.2, 0.25) is 0 Å². The molecular weight excluding hydrogens is 386 g/mol. The number of hydrogen-bond acceptors (Lipinski definition) is 4. The Morgan fingerprint density at radius 1 is 1.48 bits per heavy atom. The number of halogens is 1. The van der Waals surface area contributed by atoms with Crippen LogP contribution in [-0.2, 0) is 11.3 Å². The van der Waals surface area contributed by atoms with Crippen LogP contribution in [0.15, 0.2) is 15.5 Å². The van der Waals surface area contributed by atoms with E-state index in [1.54, 1.807) is 6.20 Å². The number of aliphatic carboxylic acids is 1. The molecule has 0 aliphatic heterocycles. The second-order valence-electron chi connectivity index (χ2n) is 8.10. The summed E-state index contributed by atoms with van der Waals surface area (Å²) in [7, 11) is 0. The average Bonchev–Trinajstić information content (AvgIpc) is 2.54. The van der Waals surface area contributed by atoms with E-state index in [9.17, 15) is 9.59 Å². The third-order valence-corrected chi connectivity index (χ3v) is 7.21. The summed E-state index contributed by atoms with van der Waals surface area (Å²) in [6.07, 6.45) is 4.53. The van der Waals surface area contributed by atoms with Crippen molar-refractivity contribution in [1.29, 1.82) is 0 Å². The molecule has 3 aliphatic rings. The van der Waals surface area contributed by atoms with Gasteiger partial charge in [0.05, 0.1) is 11.9 Å². The van der Waals surface area contributed by atoms with Gasteiger partial charge in [-0.3, -0.25) is 9.59 Å². The maximum absolute atomic E-state index is 12.4. The first-order valence-corrected chi connectivity index (χ1v) is 9.75. The SMILES string of the molecule is C[C@H]1[C@H]2C[C@H](C[C@H]1Nc1cnn(CCCC(=O)O)c(=O)c1Br)C2(C)C. The Morgan fingerprint density at radius 2 is 2.20 bits per heavy atom. The molecule has 2 N–H and O–H groups in total. The van der Waals surface area contributed by atoms with Crippen molar-refractivity contribution in [3.63, 3.8) is 0 Å². The van der Waals surface area contributed by atoms with Gasteiger partial charge in [0, 0.05) is 19.0 Å². The number of hydrogen-bond donors (Lipinski definition) is 2. The molecule has 25 heavy (non-hydrogen) atoms. The Bertz CT molecular complexity index is 731. The highest BCUT2D eigenvalue weighted by Crippen LogP contribution is 2.61. The van der Waals surface area contributed by atoms with Crippen molar-refractivity contribution in [3.05, 3.63) is 21.0 Å². The monoisotopic (exact) mass is 411 g/mol. The van der Waals surface area contributed by atoms with Gasteiger partial charge in [-0.25, -0.2) is 4.68 Å². The fourth-order valence-electron chi connectivity index (χ4n) is 4.65. The summed E-state index contributed by atoms with van der Waals surface area (Å²) in [5.41, 5.74) is 0.945. The van der Waals surface area contributed by atoms with Crippen molar-refractivity contribution >= 4 is 27.6 Å². The standard InChI is InChI=1S/C18H26BrN3O3/c1-10-12-7-11(18(12,2)3)8-13(10)21-14-9-20-22(17(25)16(14)19)6-4-5-15(23)24/h9-13,21H,4-8H2,1-3H3,(H,23,24)/t10-,11+,12+,13+/m0/s1. The fraction of sp³-hybridized carbons (Fsp3) is 0.722. The van der Waals surface area contributed by atoms with E-state index in [1.807, 2.05) is 0 Å². The zero-order chi connectivity index (χ0) is 18.4. The lowest BCUT2D eigenvalue weighted by Gasteiger charge is -2.62. The first-order chi connectivity index (χ1) is 11.7. The van der Waals surface area contributed by atoms with E-state index in [4.69, 9.17) is 5.11 Å². The number of nitrogens with zero attached hydrogens (tertiary/aromatic N) is 2. The van der Waals surface area contributed by atoms with E-state index < -0.39 is 5.97 Å². The summed E-state index contributed by atoms with van der Waals surface area (Å²) in [5, 5.41) is 16.4. The molecule has 1 aromatic rings. The maximum atomic E-state index is 12.4. The lowest BCUT2D eigenvalue weighted by Crippen LogP contribution is -2.58. The van der Waals surface area contributed by atoms with Crippen molar-refractivity contribution < 1.29 is 9.90 Å². The van der Waals surface area contributed by atoms with Crippen LogP contribution in [0.4, 0.5) is 5.69 Å². The molecular formula is C18H26BrN3O3. The van der Waals surface area contributed by atoms with Crippen molar-refractivity contribution in [1.82, 2.24) is 9.78 Å². The van der Waals surface area contributed by atoms with Crippen molar-refractivity contribution in [2.45, 2.75) is 59.0 Å². The predicted molar refractivity (Wildman–Crippen MR) is 99.6 cm³/mol. The molecule has 3 saturated carbocycles. The van der Waals surface area contributed by atoms with Gasteiger partial charge in [-0.2, -0.15) is 5.10 Å². The highest BCUT2D eigenvalue weighted by Gasteiger charge is 2.56. The van der Waals surface area contributed by atoms with E-state index in [1.165, 1.54) is 11.1 Å². The second-order valence-corrected chi connectivity index (χ2v) is 8.90. The number of anilines is 1. The van der Waals surface area contributed by atoms with Gasteiger partial charge in [0.25, 0.3) is 5.56 Å². The molecule has 138 valence electrons. The third kappa shape index (κ3) is 3.35. The summed E-state index contributed by atoms with van der Waals surface area (Å²) in [4.78, 5) is 23.0. The molecule has 3 aliphatic carbocycles. The van der Waals surface area contributed by atoms with Crippen LogP contribution in [0.1, 0.15) is 46.5 Å². The topological polar surface area (TPSA) is 84.2 Å². The molecule has 3 fully saturated rings. The zero-order valence-corrected chi connectivity index (χ0v) is 16.5. The molecule has 0 radical (unpaired) electrons. The first-order valence-electron chi connectivity index (χ1n) is 8.95. The van der Waals surface area contributed by atoms with Crippen LogP contribution >= 0.6 is 15.9 Å². The van der Waals surface area contributed by atoms with E-state index in [-0.39, 0.29) is 12.0 Å². The van der Waals surface area contributed by atoms with Crippen molar-refractivity contribution in [2.24, 2.45) is 23.2 Å². The maximum Gasteiger partial charge on any atom is 0.303 e. The van der Waals surface area contributed by atoms with Crippen LogP contribution in [0.3, 0.4) is 0 Å². The summed E-state index contributed by atoms with van der Waals surface area (Å²) in [5.74, 6) is 1.17. The highest BCUT2D eigenvalue weighted by molar-refractivity contribution is 9.10. The number of nitrogens with one attached hydrogen (secondary N) is 1. The minimum absolute atomic E-state index is 0.0316. The minimum Gasteiger partial charge on any atom is -0.481 e. The number of carboxylic acids is 1. The number of aryl methyl sites for hydroxylation is 1. The van der Waals surface area contributed by atoms with Crippen LogP contribution in [0, 0.1) is 23.2 Å². The number of carbonyl (C=O) groups is 1. The molecule has 0 saturated heterocycles. The molecule has 1 aromatic heterocycles. The molecule has 0 spiro atoms. The molecule has 0 unspecified atom stereocenters. The Morgan fingerprint density at radius 3 is 2.80 bits per heavy atom. The Labute approximate surface area is 156 Å². The minimum atomic E-state index is -0.863. The number of rotatable bonds is 6. The van der Waals surface area contributed by atoms with Crippen LogP contribution in [-0.4, -0.2) is 26.9 Å². The Hall–Kier alpha value is -1.37. The summed E-state index contributed by atoms with van der Waals surface area (Å²) in [6, 6.07) is 0.358. The molecule has 6 nitrogen and oxygen atoms in total. The van der Waals surface area contributed by atoms with E-state index in [0.29, 0.717) is 34.8 Å². The van der Waals surface area contributed by atoms with Crippen LogP contribution in [0.25, 0.3) is 0 Å². The number of fused-ring (bicyclic) bond motifs is 2. The normalized spacial score (nSPS) is 29.8. The fourth-order valence-corrected chi connectivity index (χ4v) is 5.07. The third-order valence-electron chi connectivity index (χ3n) is 6.44. The summed E-state index contributed by atoms with van der Waals surface area (Å²) >= 11 is 3.40. The smallest absolute Gasteiger partial charge is 0.303 e. The van der Waals surface area contributed by atoms with Crippen LogP contribution < -0.4 is 10.9 Å². The lowest BCUT2D eigenvalue weighted by molar-refractivity contribution is -0.137. The van der Waals surface area contributed by atoms with Crippen LogP contribution in [0.5, 0.6) is 0 Å². The Balaban J connectivity index is 1.69. The van der Waals surface area contributed by atoms with Gasteiger partial charge in [-0.15, -0.1) is 0 Å². The van der Waals surface area contributed by atoms with Crippen molar-refractivity contribution in [3.8, 4) is 0 Å². The zero-order valence-electron chi connectivity index (χ0n) is 15.0. The van der Waals surface area contributed by atoms with E-state index in [2.05, 4.69) is 47.1 Å². The summed E-state index contributed by atoms with van der Waals surface area (Å²) < 4.78 is 1.80. The van der Waals surface area contributed by atoms with E-state index >= 15 is 0 Å². The second kappa shape index (κ2) is 6.74. The van der Waals surface area contributed by atoms with Gasteiger partial charge in [-0.05, 0) is 58.4 Å². The van der Waals surface area contributed by atoms with Gasteiger partial charge < -0.3 is 10.4 Å². The molecule has 4 rings (SSSR count).